The van der Waals surface area contributed by atoms with Gasteiger partial charge in [0.1, 0.15) is 18.3 Å². The lowest BCUT2D eigenvalue weighted by Crippen LogP contribution is -2.43. The molecule has 1 heterocycles. The molecule has 0 fully saturated rings. The van der Waals surface area contributed by atoms with Crippen LogP contribution in [0.4, 0.5) is 0 Å². The summed E-state index contributed by atoms with van der Waals surface area (Å²) in [6.07, 6.45) is 4.28. The number of aromatic nitrogens is 2. The number of nitrogens with two attached hydrogens (primary N) is 1. The van der Waals surface area contributed by atoms with Crippen molar-refractivity contribution in [1.82, 2.24) is 20.6 Å². The highest BCUT2D eigenvalue weighted by Gasteiger charge is 2.27. The van der Waals surface area contributed by atoms with Gasteiger partial charge in [0.05, 0.1) is 6.33 Å². The lowest BCUT2D eigenvalue weighted by atomic mass is 10.0. The van der Waals surface area contributed by atoms with Crippen LogP contribution in [0.5, 0.6) is 0 Å². The smallest absolute Gasteiger partial charge is 0.328 e. The molecule has 1 aromatic heterocycles. The number of hydrogen-bond acceptors (Lipinski definition) is 6. The fourth-order valence-electron chi connectivity index (χ4n) is 3.12. The molecule has 5 N–H and O–H groups in total. The van der Waals surface area contributed by atoms with Gasteiger partial charge in [-0.25, -0.2) is 9.78 Å². The van der Waals surface area contributed by atoms with E-state index in [4.69, 9.17) is 10.5 Å². The molecule has 9 heteroatoms. The molecule has 9 nitrogen and oxygen atoms in total. The summed E-state index contributed by atoms with van der Waals surface area (Å²) in [5.41, 5.74) is 6.31. The number of nitrogens with zero attached hydrogens (tertiary/aromatic N) is 1. The van der Waals surface area contributed by atoms with E-state index in [-0.39, 0.29) is 23.9 Å². The third-order valence-electron chi connectivity index (χ3n) is 4.77. The Morgan fingerprint density at radius 1 is 1.09 bits per heavy atom. The number of carbonyl (C=O) groups is 3. The molecular weight excluding hydrogens is 410 g/mol. The van der Waals surface area contributed by atoms with Gasteiger partial charge in [-0.1, -0.05) is 50.6 Å². The van der Waals surface area contributed by atoms with Crippen LogP contribution in [0.2, 0.25) is 0 Å². The number of aromatic amines is 1. The number of hydrogen-bond donors (Lipinski definition) is 4. The number of ether oxygens (including phenoxy) is 1. The fourth-order valence-corrected chi connectivity index (χ4v) is 3.12. The van der Waals surface area contributed by atoms with Crippen molar-refractivity contribution >= 4 is 17.8 Å². The molecule has 1 aromatic carbocycles. The van der Waals surface area contributed by atoms with Gasteiger partial charge >= 0.3 is 5.97 Å². The third kappa shape index (κ3) is 8.14. The highest BCUT2D eigenvalue weighted by atomic mass is 16.5. The lowest BCUT2D eigenvalue weighted by Gasteiger charge is -2.19. The highest BCUT2D eigenvalue weighted by Crippen LogP contribution is 2.11. The van der Waals surface area contributed by atoms with Crippen LogP contribution in [0.1, 0.15) is 66.1 Å². The Balaban J connectivity index is 1.98. The molecule has 1 atom stereocenters. The van der Waals surface area contributed by atoms with Gasteiger partial charge in [-0.15, -0.1) is 0 Å². The van der Waals surface area contributed by atoms with Crippen molar-refractivity contribution in [2.75, 3.05) is 13.1 Å². The Hall–Kier alpha value is -3.20. The topological polar surface area (TPSA) is 139 Å². The molecule has 0 saturated heterocycles. The molecule has 174 valence electrons. The first-order chi connectivity index (χ1) is 15.4. The molecular formula is C23H33N5O4. The average molecular weight is 444 g/mol. The summed E-state index contributed by atoms with van der Waals surface area (Å²) < 4.78 is 5.40. The Morgan fingerprint density at radius 2 is 1.84 bits per heavy atom. The Kier molecular flexibility index (Phi) is 10.4. The van der Waals surface area contributed by atoms with E-state index in [0.717, 1.165) is 24.8 Å². The monoisotopic (exact) mass is 443 g/mol. The molecule has 0 aliphatic carbocycles. The summed E-state index contributed by atoms with van der Waals surface area (Å²) in [7, 11) is 0. The average Bonchev–Trinajstić information content (AvgIpc) is 3.27. The van der Waals surface area contributed by atoms with E-state index in [0.29, 0.717) is 19.5 Å². The fraction of sp³-hybridized carbons (Fsp3) is 0.478. The van der Waals surface area contributed by atoms with Crippen molar-refractivity contribution in [3.05, 3.63) is 53.6 Å². The molecule has 0 radical (unpaired) electrons. The molecule has 32 heavy (non-hydrogen) atoms. The third-order valence-corrected chi connectivity index (χ3v) is 4.77. The molecule has 0 saturated carbocycles. The number of amides is 2. The summed E-state index contributed by atoms with van der Waals surface area (Å²) in [4.78, 5) is 44.6. The molecule has 2 aromatic rings. The second-order valence-corrected chi connectivity index (χ2v) is 7.98. The maximum Gasteiger partial charge on any atom is 0.328 e. The van der Waals surface area contributed by atoms with E-state index in [1.54, 1.807) is 0 Å². The van der Waals surface area contributed by atoms with Crippen LogP contribution in [-0.4, -0.2) is 46.9 Å². The Labute approximate surface area is 188 Å². The van der Waals surface area contributed by atoms with Crippen molar-refractivity contribution in [2.45, 2.75) is 52.2 Å². The van der Waals surface area contributed by atoms with Crippen LogP contribution in [0.15, 0.2) is 36.7 Å². The van der Waals surface area contributed by atoms with Crippen LogP contribution in [0.3, 0.4) is 0 Å². The van der Waals surface area contributed by atoms with Crippen LogP contribution in [0, 0.1) is 5.92 Å². The van der Waals surface area contributed by atoms with Gasteiger partial charge in [0, 0.05) is 6.54 Å². The van der Waals surface area contributed by atoms with Gasteiger partial charge < -0.3 is 26.1 Å². The minimum atomic E-state index is -0.852. The summed E-state index contributed by atoms with van der Waals surface area (Å²) >= 11 is 0. The minimum absolute atomic E-state index is 0.0577. The number of unbranched alkanes of at least 4 members (excludes halogenated alkanes) is 2. The van der Waals surface area contributed by atoms with E-state index in [1.165, 1.54) is 6.33 Å². The summed E-state index contributed by atoms with van der Waals surface area (Å²) in [6, 6.07) is 8.46. The lowest BCUT2D eigenvalue weighted by molar-refractivity contribution is -0.147. The molecule has 0 aliphatic heterocycles. The Bertz CT molecular complexity index is 866. The van der Waals surface area contributed by atoms with Crippen LogP contribution < -0.4 is 16.4 Å². The zero-order valence-electron chi connectivity index (χ0n) is 18.7. The molecule has 2 rings (SSSR count). The first-order valence-electron chi connectivity index (χ1n) is 11.0. The molecule has 0 unspecified atom stereocenters. The number of nitrogens with one attached hydrogen (secondary N) is 3. The van der Waals surface area contributed by atoms with Crippen LogP contribution in [0.25, 0.3) is 0 Å². The van der Waals surface area contributed by atoms with Crippen molar-refractivity contribution in [1.29, 1.82) is 0 Å². The predicted octanol–water partition coefficient (Wildman–Crippen LogP) is 2.16. The minimum Gasteiger partial charge on any atom is -0.459 e. The maximum atomic E-state index is 12.8. The van der Waals surface area contributed by atoms with E-state index >= 15 is 0 Å². The summed E-state index contributed by atoms with van der Waals surface area (Å²) in [5, 5.41) is 5.44. The first-order valence-corrected chi connectivity index (χ1v) is 11.0. The van der Waals surface area contributed by atoms with E-state index in [2.05, 4.69) is 20.6 Å². The van der Waals surface area contributed by atoms with Crippen LogP contribution >= 0.6 is 0 Å². The molecule has 0 aliphatic rings. The van der Waals surface area contributed by atoms with E-state index < -0.39 is 23.8 Å². The van der Waals surface area contributed by atoms with Crippen molar-refractivity contribution in [2.24, 2.45) is 11.7 Å². The first kappa shape index (κ1) is 25.1. The van der Waals surface area contributed by atoms with E-state index in [9.17, 15) is 14.4 Å². The number of esters is 1. The standard InChI is InChI=1S/C23H33N5O4/c1-16(2)13-18(23(31)32-14-17-9-5-3-6-10-17)28-22(30)20-19(26-15-27-20)21(29)25-12-8-4-7-11-24/h3,5-6,9-10,15-16,18H,4,7-8,11-14,24H2,1-2H3,(H,25,29)(H,26,27)(H,28,30)/t18-/m0/s1. The summed E-state index contributed by atoms with van der Waals surface area (Å²) in [6.45, 7) is 5.10. The van der Waals surface area contributed by atoms with Crippen molar-refractivity contribution < 1.29 is 19.1 Å². The molecule has 2 amide bonds. The van der Waals surface area contributed by atoms with Gasteiger partial charge in [-0.3, -0.25) is 9.59 Å². The normalized spacial score (nSPS) is 11.8. The predicted molar refractivity (Wildman–Crippen MR) is 121 cm³/mol. The number of rotatable bonds is 13. The second kappa shape index (κ2) is 13.3. The highest BCUT2D eigenvalue weighted by molar-refractivity contribution is 6.05. The molecule has 0 bridgehead atoms. The molecule has 0 spiro atoms. The SMILES string of the molecule is CC(C)C[C@H](NC(=O)c1nc[nH]c1C(=O)NCCCCCN)C(=O)OCc1ccccc1. The van der Waals surface area contributed by atoms with Gasteiger partial charge in [0.25, 0.3) is 11.8 Å². The quantitative estimate of drug-likeness (QED) is 0.276. The van der Waals surface area contributed by atoms with Gasteiger partial charge in [-0.2, -0.15) is 0 Å². The zero-order valence-corrected chi connectivity index (χ0v) is 18.7. The number of benzene rings is 1. The van der Waals surface area contributed by atoms with Crippen molar-refractivity contribution in [3.63, 3.8) is 0 Å². The maximum absolute atomic E-state index is 12.8. The number of carbonyl (C=O) groups excluding carboxylic acids is 3. The van der Waals surface area contributed by atoms with Gasteiger partial charge in [0.2, 0.25) is 0 Å². The second-order valence-electron chi connectivity index (χ2n) is 7.98. The van der Waals surface area contributed by atoms with Crippen LogP contribution in [-0.2, 0) is 16.1 Å². The number of imidazole rings is 1. The number of H-pyrrole nitrogens is 1. The van der Waals surface area contributed by atoms with Gasteiger partial charge in [-0.05, 0) is 37.3 Å². The van der Waals surface area contributed by atoms with Gasteiger partial charge in [0.15, 0.2) is 5.69 Å². The van der Waals surface area contributed by atoms with E-state index in [1.807, 2.05) is 44.2 Å². The van der Waals surface area contributed by atoms with Crippen molar-refractivity contribution in [3.8, 4) is 0 Å². The summed E-state index contributed by atoms with van der Waals surface area (Å²) in [5.74, 6) is -1.42. The Morgan fingerprint density at radius 3 is 2.53 bits per heavy atom. The largest absolute Gasteiger partial charge is 0.459 e. The zero-order chi connectivity index (χ0) is 23.3.